The minimum absolute atomic E-state index is 0.0673. The minimum atomic E-state index is -3.54. The van der Waals surface area contributed by atoms with Crippen LogP contribution in [0.15, 0.2) is 23.1 Å². The first-order valence-corrected chi connectivity index (χ1v) is 9.47. The average Bonchev–Trinajstić information content (AvgIpc) is 3.00. The van der Waals surface area contributed by atoms with E-state index in [9.17, 15) is 8.42 Å². The molecule has 1 N–H and O–H groups in total. The zero-order chi connectivity index (χ0) is 15.5. The molecule has 1 unspecified atom stereocenters. The third kappa shape index (κ3) is 3.53. The van der Waals surface area contributed by atoms with Gasteiger partial charge in [-0.15, -0.1) is 0 Å². The molecule has 1 aromatic carbocycles. The molecule has 1 atom stereocenters. The predicted molar refractivity (Wildman–Crippen MR) is 86.4 cm³/mol. The van der Waals surface area contributed by atoms with Gasteiger partial charge in [0.05, 0.1) is 7.11 Å². The van der Waals surface area contributed by atoms with Crippen molar-refractivity contribution in [3.05, 3.63) is 23.8 Å². The number of nitrogens with zero attached hydrogens (tertiary/aromatic N) is 1. The highest BCUT2D eigenvalue weighted by molar-refractivity contribution is 7.99. The van der Waals surface area contributed by atoms with Crippen LogP contribution in [0.5, 0.6) is 5.75 Å². The summed E-state index contributed by atoms with van der Waals surface area (Å²) in [6, 6.07) is 5.36. The van der Waals surface area contributed by atoms with Crippen molar-refractivity contribution < 1.29 is 13.2 Å². The lowest BCUT2D eigenvalue weighted by molar-refractivity contribution is 0.380. The first-order chi connectivity index (χ1) is 10.0. The topological polar surface area (TPSA) is 58.6 Å². The number of hydrogen-bond donors (Lipinski definition) is 1. The van der Waals surface area contributed by atoms with E-state index in [-0.39, 0.29) is 10.9 Å². The van der Waals surface area contributed by atoms with Crippen molar-refractivity contribution in [1.82, 2.24) is 9.62 Å². The summed E-state index contributed by atoms with van der Waals surface area (Å²) >= 11 is 1.80. The highest BCUT2D eigenvalue weighted by Crippen LogP contribution is 2.31. The van der Waals surface area contributed by atoms with Crippen LogP contribution in [0.1, 0.15) is 12.0 Å². The Hall–Kier alpha value is -0.760. The molecule has 0 amide bonds. The van der Waals surface area contributed by atoms with Gasteiger partial charge in [0, 0.05) is 25.4 Å². The van der Waals surface area contributed by atoms with E-state index in [4.69, 9.17) is 4.74 Å². The predicted octanol–water partition coefficient (Wildman–Crippen LogP) is 1.54. The molecule has 2 rings (SSSR count). The van der Waals surface area contributed by atoms with Crippen molar-refractivity contribution >= 4 is 21.8 Å². The van der Waals surface area contributed by atoms with Gasteiger partial charge in [-0.25, -0.2) is 8.42 Å². The first-order valence-electron chi connectivity index (χ1n) is 6.88. The summed E-state index contributed by atoms with van der Waals surface area (Å²) < 4.78 is 32.5. The van der Waals surface area contributed by atoms with Crippen molar-refractivity contribution in [2.24, 2.45) is 0 Å². The fraction of sp³-hybridized carbons (Fsp3) is 0.571. The van der Waals surface area contributed by atoms with Crippen LogP contribution < -0.4 is 10.1 Å². The number of sulfonamides is 1. The maximum Gasteiger partial charge on any atom is 0.246 e. The van der Waals surface area contributed by atoms with Crippen molar-refractivity contribution in [3.8, 4) is 5.75 Å². The Bertz CT molecular complexity index is 584. The quantitative estimate of drug-likeness (QED) is 0.857. The average molecular weight is 330 g/mol. The SMILES string of the molecule is CNCc1ccc(OC)c(S(=O)(=O)N(C)C2CCSC2)c1. The minimum Gasteiger partial charge on any atom is -0.495 e. The third-order valence-electron chi connectivity index (χ3n) is 3.69. The summed E-state index contributed by atoms with van der Waals surface area (Å²) in [5, 5.41) is 3.03. The van der Waals surface area contributed by atoms with Gasteiger partial charge in [0.25, 0.3) is 0 Å². The lowest BCUT2D eigenvalue weighted by Gasteiger charge is -2.24. The molecule has 5 nitrogen and oxygen atoms in total. The van der Waals surface area contributed by atoms with Gasteiger partial charge in [-0.05, 0) is 36.9 Å². The third-order valence-corrected chi connectivity index (χ3v) is 6.76. The molecule has 1 aromatic rings. The summed E-state index contributed by atoms with van der Waals surface area (Å²) in [7, 11) is 1.46. The van der Waals surface area contributed by atoms with Crippen LogP contribution in [0.3, 0.4) is 0 Å². The zero-order valence-electron chi connectivity index (χ0n) is 12.6. The first kappa shape index (κ1) is 16.6. The molecule has 1 heterocycles. The van der Waals surface area contributed by atoms with Crippen molar-refractivity contribution in [1.29, 1.82) is 0 Å². The van der Waals surface area contributed by atoms with Gasteiger partial charge >= 0.3 is 0 Å². The Balaban J connectivity index is 2.39. The molecule has 21 heavy (non-hydrogen) atoms. The number of rotatable bonds is 6. The number of benzene rings is 1. The van der Waals surface area contributed by atoms with Gasteiger partial charge in [0.1, 0.15) is 10.6 Å². The molecule has 1 aliphatic rings. The number of ether oxygens (including phenoxy) is 1. The van der Waals surface area contributed by atoms with Crippen LogP contribution in [0.25, 0.3) is 0 Å². The van der Waals surface area contributed by atoms with Gasteiger partial charge in [0.15, 0.2) is 0 Å². The molecular weight excluding hydrogens is 308 g/mol. The van der Waals surface area contributed by atoms with E-state index in [1.807, 2.05) is 13.1 Å². The van der Waals surface area contributed by atoms with E-state index in [0.29, 0.717) is 12.3 Å². The molecule has 0 radical (unpaired) electrons. The second kappa shape index (κ2) is 7.00. The largest absolute Gasteiger partial charge is 0.495 e. The molecule has 0 aromatic heterocycles. The highest BCUT2D eigenvalue weighted by atomic mass is 32.2. The molecule has 0 bridgehead atoms. The molecule has 1 aliphatic heterocycles. The van der Waals surface area contributed by atoms with E-state index in [1.165, 1.54) is 11.4 Å². The monoisotopic (exact) mass is 330 g/mol. The smallest absolute Gasteiger partial charge is 0.246 e. The molecule has 7 heteroatoms. The van der Waals surface area contributed by atoms with E-state index in [1.54, 1.807) is 30.9 Å². The van der Waals surface area contributed by atoms with E-state index < -0.39 is 10.0 Å². The Morgan fingerprint density at radius 3 is 2.81 bits per heavy atom. The van der Waals surface area contributed by atoms with Gasteiger partial charge in [0.2, 0.25) is 10.0 Å². The Labute approximate surface area is 131 Å². The molecule has 1 saturated heterocycles. The number of hydrogen-bond acceptors (Lipinski definition) is 5. The Morgan fingerprint density at radius 2 is 2.24 bits per heavy atom. The summed E-state index contributed by atoms with van der Waals surface area (Å²) in [4.78, 5) is 0.247. The molecule has 1 fully saturated rings. The van der Waals surface area contributed by atoms with E-state index in [0.717, 1.165) is 23.5 Å². The number of nitrogens with one attached hydrogen (secondary N) is 1. The number of methoxy groups -OCH3 is 1. The zero-order valence-corrected chi connectivity index (χ0v) is 14.3. The van der Waals surface area contributed by atoms with Crippen molar-refractivity contribution in [2.45, 2.75) is 23.9 Å². The van der Waals surface area contributed by atoms with Crippen LogP contribution >= 0.6 is 11.8 Å². The normalized spacial score (nSPS) is 19.1. The molecule has 0 saturated carbocycles. The highest BCUT2D eigenvalue weighted by Gasteiger charge is 2.32. The van der Waals surface area contributed by atoms with Gasteiger partial charge in [-0.1, -0.05) is 6.07 Å². The van der Waals surface area contributed by atoms with E-state index >= 15 is 0 Å². The van der Waals surface area contributed by atoms with Gasteiger partial charge < -0.3 is 10.1 Å². The summed E-state index contributed by atoms with van der Waals surface area (Å²) in [5.74, 6) is 2.27. The maximum atomic E-state index is 12.9. The maximum absolute atomic E-state index is 12.9. The summed E-state index contributed by atoms with van der Waals surface area (Å²) in [5.41, 5.74) is 0.922. The summed E-state index contributed by atoms with van der Waals surface area (Å²) in [6.07, 6.45) is 0.902. The second-order valence-electron chi connectivity index (χ2n) is 5.05. The van der Waals surface area contributed by atoms with Crippen molar-refractivity contribution in [3.63, 3.8) is 0 Å². The van der Waals surface area contributed by atoms with E-state index in [2.05, 4.69) is 5.32 Å². The molecular formula is C14H22N2O3S2. The standard InChI is InChI=1S/C14H22N2O3S2/c1-15-9-11-4-5-13(19-3)14(8-11)21(17,18)16(2)12-6-7-20-10-12/h4-5,8,12,15H,6-7,9-10H2,1-3H3. The molecule has 0 aliphatic carbocycles. The lowest BCUT2D eigenvalue weighted by atomic mass is 10.2. The van der Waals surface area contributed by atoms with Crippen LogP contribution in [0, 0.1) is 0 Å². The Morgan fingerprint density at radius 1 is 1.48 bits per heavy atom. The van der Waals surface area contributed by atoms with Crippen LogP contribution in [-0.4, -0.2) is 51.5 Å². The number of thioether (sulfide) groups is 1. The fourth-order valence-electron chi connectivity index (χ4n) is 2.40. The second-order valence-corrected chi connectivity index (χ2v) is 8.17. The van der Waals surface area contributed by atoms with Crippen LogP contribution in [-0.2, 0) is 16.6 Å². The van der Waals surface area contributed by atoms with Crippen molar-refractivity contribution in [2.75, 3.05) is 32.7 Å². The summed E-state index contributed by atoms with van der Waals surface area (Å²) in [6.45, 7) is 0.621. The van der Waals surface area contributed by atoms with Gasteiger partial charge in [-0.2, -0.15) is 16.1 Å². The fourth-order valence-corrected chi connectivity index (χ4v) is 5.35. The molecule has 0 spiro atoms. The molecule has 118 valence electrons. The lowest BCUT2D eigenvalue weighted by Crippen LogP contribution is -2.37. The van der Waals surface area contributed by atoms with Crippen LogP contribution in [0.4, 0.5) is 0 Å². The van der Waals surface area contributed by atoms with Crippen LogP contribution in [0.2, 0.25) is 0 Å². The Kier molecular flexibility index (Phi) is 5.54. The van der Waals surface area contributed by atoms with Gasteiger partial charge in [-0.3, -0.25) is 0 Å².